The number of imidazole rings is 1. The summed E-state index contributed by atoms with van der Waals surface area (Å²) in [4.78, 5) is 21.9. The Kier molecular flexibility index (Phi) is 5.83. The van der Waals surface area contributed by atoms with Crippen molar-refractivity contribution in [3.8, 4) is 22.6 Å². The highest BCUT2D eigenvalue weighted by molar-refractivity contribution is 5.77. The molecule has 0 atom stereocenters. The lowest BCUT2D eigenvalue weighted by molar-refractivity contribution is -0.211. The Morgan fingerprint density at radius 2 is 1.76 bits per heavy atom. The third kappa shape index (κ3) is 4.74. The molecule has 2 fully saturated rings. The van der Waals surface area contributed by atoms with Crippen molar-refractivity contribution in [1.29, 1.82) is 0 Å². The van der Waals surface area contributed by atoms with E-state index in [-0.39, 0.29) is 5.82 Å². The van der Waals surface area contributed by atoms with E-state index in [1.165, 1.54) is 12.1 Å². The molecule has 2 saturated heterocycles. The molecular formula is C23H28FN7O2. The average Bonchev–Trinajstić information content (AvgIpc) is 3.25. The van der Waals surface area contributed by atoms with Crippen LogP contribution in [0.4, 0.5) is 10.3 Å². The van der Waals surface area contributed by atoms with Gasteiger partial charge in [0, 0.05) is 37.9 Å². The second kappa shape index (κ2) is 8.79. The minimum absolute atomic E-state index is 0.309. The van der Waals surface area contributed by atoms with Gasteiger partial charge in [-0.2, -0.15) is 0 Å². The van der Waals surface area contributed by atoms with Crippen molar-refractivity contribution in [2.75, 3.05) is 51.3 Å². The van der Waals surface area contributed by atoms with Crippen LogP contribution in [0.2, 0.25) is 0 Å². The lowest BCUT2D eigenvalue weighted by Crippen LogP contribution is -2.50. The van der Waals surface area contributed by atoms with Crippen LogP contribution < -0.4 is 10.6 Å². The number of rotatable bonds is 4. The molecule has 0 saturated carbocycles. The molecular weight excluding hydrogens is 425 g/mol. The summed E-state index contributed by atoms with van der Waals surface area (Å²) in [7, 11) is 2.11. The number of halogens is 1. The summed E-state index contributed by atoms with van der Waals surface area (Å²) < 4.78 is 25.2. The molecule has 0 radical (unpaired) electrons. The van der Waals surface area contributed by atoms with E-state index in [2.05, 4.69) is 26.8 Å². The van der Waals surface area contributed by atoms with Crippen LogP contribution in [-0.4, -0.2) is 76.8 Å². The smallest absolute Gasteiger partial charge is 0.225 e. The van der Waals surface area contributed by atoms with Crippen LogP contribution in [0.3, 0.4) is 0 Å². The quantitative estimate of drug-likeness (QED) is 0.619. The van der Waals surface area contributed by atoms with Crippen LogP contribution in [-0.2, 0) is 9.47 Å². The van der Waals surface area contributed by atoms with Crippen molar-refractivity contribution in [3.63, 3.8) is 0 Å². The van der Waals surface area contributed by atoms with Crippen LogP contribution in [0, 0.1) is 5.82 Å². The van der Waals surface area contributed by atoms with Crippen molar-refractivity contribution >= 4 is 5.95 Å². The molecule has 0 unspecified atom stereocenters. The van der Waals surface area contributed by atoms with Crippen molar-refractivity contribution in [2.45, 2.75) is 18.8 Å². The summed E-state index contributed by atoms with van der Waals surface area (Å²) in [5, 5.41) is 0. The summed E-state index contributed by atoms with van der Waals surface area (Å²) in [6.07, 6.45) is 1.08. The molecule has 2 aromatic heterocycles. The molecule has 0 amide bonds. The second-order valence-electron chi connectivity index (χ2n) is 8.99. The van der Waals surface area contributed by atoms with E-state index in [4.69, 9.17) is 25.2 Å². The van der Waals surface area contributed by atoms with E-state index in [1.807, 2.05) is 13.0 Å². The Morgan fingerprint density at radius 3 is 2.45 bits per heavy atom. The highest BCUT2D eigenvalue weighted by atomic mass is 19.1. The first-order valence-electron chi connectivity index (χ1n) is 11.0. The molecule has 3 N–H and O–H groups in total. The lowest BCUT2D eigenvalue weighted by atomic mass is 10.1. The van der Waals surface area contributed by atoms with E-state index >= 15 is 0 Å². The van der Waals surface area contributed by atoms with E-state index in [0.29, 0.717) is 42.1 Å². The Labute approximate surface area is 191 Å². The number of aromatic amines is 1. The summed E-state index contributed by atoms with van der Waals surface area (Å²) >= 11 is 0. The van der Waals surface area contributed by atoms with Crippen LogP contribution in [0.5, 0.6) is 0 Å². The van der Waals surface area contributed by atoms with Gasteiger partial charge in [-0.1, -0.05) is 0 Å². The number of H-pyrrole nitrogens is 1. The number of hydrogen-bond acceptors (Lipinski definition) is 8. The van der Waals surface area contributed by atoms with Gasteiger partial charge in [-0.3, -0.25) is 0 Å². The number of hydrogen-bond donors (Lipinski definition) is 2. The van der Waals surface area contributed by atoms with Gasteiger partial charge < -0.3 is 30.0 Å². The van der Waals surface area contributed by atoms with Crippen LogP contribution in [0.1, 0.15) is 19.0 Å². The van der Waals surface area contributed by atoms with Gasteiger partial charge in [0.15, 0.2) is 5.82 Å². The van der Waals surface area contributed by atoms with Gasteiger partial charge in [0.2, 0.25) is 12.2 Å². The predicted molar refractivity (Wildman–Crippen MR) is 122 cm³/mol. The maximum atomic E-state index is 13.6. The number of nitrogens with two attached hydrogens (primary N) is 1. The summed E-state index contributed by atoms with van der Waals surface area (Å²) in [5.41, 5.74) is 8.34. The van der Waals surface area contributed by atoms with Crippen LogP contribution in [0.25, 0.3) is 22.6 Å². The Bertz CT molecular complexity index is 1100. The third-order valence-electron chi connectivity index (χ3n) is 5.88. The number of nitrogens with one attached hydrogen (secondary N) is 1. The number of ether oxygens (including phenoxy) is 2. The van der Waals surface area contributed by atoms with Crippen molar-refractivity contribution in [2.24, 2.45) is 5.73 Å². The zero-order valence-electron chi connectivity index (χ0n) is 18.8. The first-order chi connectivity index (χ1) is 15.9. The third-order valence-corrected chi connectivity index (χ3v) is 5.88. The normalized spacial score (nSPS) is 24.2. The van der Waals surface area contributed by atoms with Gasteiger partial charge in [0.25, 0.3) is 0 Å². The van der Waals surface area contributed by atoms with Gasteiger partial charge in [0.1, 0.15) is 5.82 Å². The van der Waals surface area contributed by atoms with Crippen molar-refractivity contribution in [1.82, 2.24) is 24.8 Å². The Balaban J connectivity index is 1.51. The Hall–Kier alpha value is -2.92. The molecule has 0 bridgehead atoms. The molecule has 2 aliphatic heterocycles. The number of aromatic nitrogens is 4. The van der Waals surface area contributed by atoms with Gasteiger partial charge in [-0.05, 0) is 44.3 Å². The molecule has 10 heteroatoms. The van der Waals surface area contributed by atoms with Crippen molar-refractivity contribution < 1.29 is 13.9 Å². The molecule has 9 nitrogen and oxygen atoms in total. The van der Waals surface area contributed by atoms with Gasteiger partial charge in [-0.15, -0.1) is 0 Å². The average molecular weight is 454 g/mol. The van der Waals surface area contributed by atoms with E-state index < -0.39 is 11.8 Å². The second-order valence-corrected chi connectivity index (χ2v) is 8.99. The van der Waals surface area contributed by atoms with Gasteiger partial charge >= 0.3 is 0 Å². The molecule has 4 heterocycles. The molecule has 0 aliphatic carbocycles. The predicted octanol–water partition coefficient (Wildman–Crippen LogP) is 2.19. The highest BCUT2D eigenvalue weighted by Gasteiger charge is 2.32. The van der Waals surface area contributed by atoms with E-state index in [9.17, 15) is 4.39 Å². The fourth-order valence-electron chi connectivity index (χ4n) is 3.93. The maximum Gasteiger partial charge on any atom is 0.225 e. The Morgan fingerprint density at radius 1 is 1.06 bits per heavy atom. The number of likely N-dealkylation sites (N-methyl/N-ethyl adjacent to an activating group) is 1. The molecule has 5 rings (SSSR count). The largest absolute Gasteiger partial charge is 0.344 e. The van der Waals surface area contributed by atoms with Crippen LogP contribution >= 0.6 is 0 Å². The summed E-state index contributed by atoms with van der Waals surface area (Å²) in [6.45, 7) is 6.21. The minimum Gasteiger partial charge on any atom is -0.344 e. The van der Waals surface area contributed by atoms with Crippen LogP contribution in [0.15, 0.2) is 36.5 Å². The molecule has 1 aromatic carbocycles. The number of benzene rings is 1. The number of anilines is 1. The topological polar surface area (TPSA) is 105 Å². The number of nitrogens with zero attached hydrogens (tertiary/aromatic N) is 5. The first kappa shape index (κ1) is 21.9. The lowest BCUT2D eigenvalue weighted by Gasteiger charge is -2.33. The highest BCUT2D eigenvalue weighted by Crippen LogP contribution is 2.33. The number of piperazine rings is 1. The molecule has 2 aliphatic rings. The fourth-order valence-corrected chi connectivity index (χ4v) is 3.93. The molecule has 33 heavy (non-hydrogen) atoms. The monoisotopic (exact) mass is 453 g/mol. The zero-order valence-corrected chi connectivity index (χ0v) is 18.8. The maximum absolute atomic E-state index is 13.6. The summed E-state index contributed by atoms with van der Waals surface area (Å²) in [5.74, 6) is 0.877. The standard InChI is InChI=1S/C23H28FN7O2/c1-23(25)13-32-21(33-14-23)20-28-18(15-3-5-16(24)6-4-15)19(29-20)17-7-8-26-22(27-17)31-11-9-30(2)10-12-31/h3-8,21H,9-14,25H2,1-2H3,(H,28,29). The van der Waals surface area contributed by atoms with Crippen molar-refractivity contribution in [3.05, 3.63) is 48.2 Å². The first-order valence-corrected chi connectivity index (χ1v) is 11.0. The molecule has 174 valence electrons. The van der Waals surface area contributed by atoms with E-state index in [1.54, 1.807) is 18.3 Å². The molecule has 0 spiro atoms. The zero-order chi connectivity index (χ0) is 23.0. The van der Waals surface area contributed by atoms with Gasteiger partial charge in [-0.25, -0.2) is 19.3 Å². The molecule has 3 aromatic rings. The SMILES string of the molecule is CN1CCN(c2nccc(-c3[nH]c(C4OCC(C)(N)CO4)nc3-c3ccc(F)cc3)n2)CC1. The minimum atomic E-state index is -0.673. The van der Waals surface area contributed by atoms with E-state index in [0.717, 1.165) is 31.7 Å². The fraction of sp³-hybridized carbons (Fsp3) is 0.435. The summed E-state index contributed by atoms with van der Waals surface area (Å²) in [6, 6.07) is 8.05. The van der Waals surface area contributed by atoms with Gasteiger partial charge in [0.05, 0.1) is 35.8 Å².